The number of hydrogen-bond donors (Lipinski definition) is 0. The molecular weight excluding hydrogens is 304 g/mol. The number of rotatable bonds is 4. The van der Waals surface area contributed by atoms with Crippen molar-refractivity contribution in [2.24, 2.45) is 0 Å². The number of aromatic nitrogens is 6. The molecule has 22 heavy (non-hydrogen) atoms. The van der Waals surface area contributed by atoms with Crippen LogP contribution in [0.5, 0.6) is 6.01 Å². The SMILES string of the molecule is Cc1cnc(OCc2cn(-c3ccc(Cl)c(C)n3)nn2)nc1. The van der Waals surface area contributed by atoms with E-state index in [-0.39, 0.29) is 6.61 Å². The van der Waals surface area contributed by atoms with Gasteiger partial charge in [0, 0.05) is 12.4 Å². The van der Waals surface area contributed by atoms with E-state index in [2.05, 4.69) is 25.3 Å². The quantitative estimate of drug-likeness (QED) is 0.735. The van der Waals surface area contributed by atoms with E-state index in [4.69, 9.17) is 16.3 Å². The van der Waals surface area contributed by atoms with Crippen molar-refractivity contribution in [2.45, 2.75) is 20.5 Å². The normalized spacial score (nSPS) is 10.7. The van der Waals surface area contributed by atoms with Gasteiger partial charge >= 0.3 is 6.01 Å². The van der Waals surface area contributed by atoms with Gasteiger partial charge in [-0.1, -0.05) is 16.8 Å². The Balaban J connectivity index is 1.70. The van der Waals surface area contributed by atoms with Gasteiger partial charge in [-0.3, -0.25) is 0 Å². The molecule has 3 aromatic heterocycles. The predicted octanol–water partition coefficient (Wildman–Crippen LogP) is 2.30. The van der Waals surface area contributed by atoms with Crippen molar-refractivity contribution < 1.29 is 4.74 Å². The second-order valence-electron chi connectivity index (χ2n) is 4.72. The molecule has 0 bridgehead atoms. The minimum Gasteiger partial charge on any atom is -0.457 e. The standard InChI is InChI=1S/C14H13ClN6O/c1-9-5-16-14(17-6-9)22-8-11-7-21(20-19-11)13-4-3-12(15)10(2)18-13/h3-7H,8H2,1-2H3. The van der Waals surface area contributed by atoms with Crippen LogP contribution in [0, 0.1) is 13.8 Å². The molecule has 0 unspecified atom stereocenters. The van der Waals surface area contributed by atoms with Gasteiger partial charge in [0.1, 0.15) is 12.3 Å². The molecule has 0 saturated carbocycles. The zero-order valence-corrected chi connectivity index (χ0v) is 12.8. The van der Waals surface area contributed by atoms with E-state index in [9.17, 15) is 0 Å². The first-order valence-electron chi connectivity index (χ1n) is 6.58. The van der Waals surface area contributed by atoms with E-state index >= 15 is 0 Å². The lowest BCUT2D eigenvalue weighted by Crippen LogP contribution is -2.00. The van der Waals surface area contributed by atoms with Gasteiger partial charge < -0.3 is 4.74 Å². The molecule has 7 nitrogen and oxygen atoms in total. The predicted molar refractivity (Wildman–Crippen MR) is 80.0 cm³/mol. The van der Waals surface area contributed by atoms with E-state index in [1.165, 1.54) is 0 Å². The fourth-order valence-corrected chi connectivity index (χ4v) is 1.83. The third-order valence-electron chi connectivity index (χ3n) is 2.89. The van der Waals surface area contributed by atoms with Crippen LogP contribution in [0.15, 0.2) is 30.7 Å². The summed E-state index contributed by atoms with van der Waals surface area (Å²) in [7, 11) is 0. The maximum atomic E-state index is 5.96. The Hall–Kier alpha value is -2.54. The van der Waals surface area contributed by atoms with Crippen molar-refractivity contribution in [1.82, 2.24) is 29.9 Å². The highest BCUT2D eigenvalue weighted by atomic mass is 35.5. The molecular formula is C14H13ClN6O. The van der Waals surface area contributed by atoms with Crippen LogP contribution in [0.1, 0.15) is 17.0 Å². The molecule has 0 amide bonds. The van der Waals surface area contributed by atoms with E-state index < -0.39 is 0 Å². The average Bonchev–Trinajstić information content (AvgIpc) is 2.98. The average molecular weight is 317 g/mol. The Kier molecular flexibility index (Phi) is 3.97. The fraction of sp³-hybridized carbons (Fsp3) is 0.214. The van der Waals surface area contributed by atoms with Crippen LogP contribution in [-0.2, 0) is 6.61 Å². The topological polar surface area (TPSA) is 78.6 Å². The van der Waals surface area contributed by atoms with E-state index in [0.717, 1.165) is 11.3 Å². The number of nitrogens with zero attached hydrogens (tertiary/aromatic N) is 6. The van der Waals surface area contributed by atoms with Crippen LogP contribution in [0.25, 0.3) is 5.82 Å². The Morgan fingerprint density at radius 1 is 1.18 bits per heavy atom. The van der Waals surface area contributed by atoms with Crippen LogP contribution in [0.4, 0.5) is 0 Å². The van der Waals surface area contributed by atoms with Crippen LogP contribution >= 0.6 is 11.6 Å². The second kappa shape index (κ2) is 6.07. The highest BCUT2D eigenvalue weighted by molar-refractivity contribution is 6.31. The molecule has 0 aliphatic heterocycles. The van der Waals surface area contributed by atoms with Crippen LogP contribution in [-0.4, -0.2) is 29.9 Å². The zero-order valence-electron chi connectivity index (χ0n) is 12.1. The minimum atomic E-state index is 0.232. The van der Waals surface area contributed by atoms with E-state index in [0.29, 0.717) is 22.5 Å². The summed E-state index contributed by atoms with van der Waals surface area (Å²) in [5, 5.41) is 8.68. The third kappa shape index (κ3) is 3.20. The van der Waals surface area contributed by atoms with Gasteiger partial charge in [-0.25, -0.2) is 19.6 Å². The molecule has 0 atom stereocenters. The first-order valence-corrected chi connectivity index (χ1v) is 6.96. The number of ether oxygens (including phenoxy) is 1. The molecule has 0 aliphatic carbocycles. The molecule has 0 spiro atoms. The molecule has 0 radical (unpaired) electrons. The van der Waals surface area contributed by atoms with Crippen molar-refractivity contribution in [2.75, 3.05) is 0 Å². The molecule has 0 N–H and O–H groups in total. The van der Waals surface area contributed by atoms with Crippen molar-refractivity contribution in [3.8, 4) is 11.8 Å². The maximum absolute atomic E-state index is 5.96. The first-order chi connectivity index (χ1) is 10.6. The van der Waals surface area contributed by atoms with E-state index in [1.54, 1.807) is 35.4 Å². The molecule has 0 aromatic carbocycles. The summed E-state index contributed by atoms with van der Waals surface area (Å²) in [4.78, 5) is 12.5. The summed E-state index contributed by atoms with van der Waals surface area (Å²) in [6, 6.07) is 3.86. The van der Waals surface area contributed by atoms with Gasteiger partial charge in [-0.05, 0) is 31.5 Å². The van der Waals surface area contributed by atoms with Gasteiger partial charge in [-0.2, -0.15) is 0 Å². The summed E-state index contributed by atoms with van der Waals surface area (Å²) in [6.45, 7) is 3.98. The van der Waals surface area contributed by atoms with Gasteiger partial charge in [-0.15, -0.1) is 5.10 Å². The molecule has 8 heteroatoms. The molecule has 3 rings (SSSR count). The number of halogens is 1. The van der Waals surface area contributed by atoms with Crippen LogP contribution in [0.3, 0.4) is 0 Å². The number of pyridine rings is 1. The van der Waals surface area contributed by atoms with Gasteiger partial charge in [0.2, 0.25) is 0 Å². The molecule has 0 aliphatic rings. The molecule has 112 valence electrons. The monoisotopic (exact) mass is 316 g/mol. The fourth-order valence-electron chi connectivity index (χ4n) is 1.73. The highest BCUT2D eigenvalue weighted by Gasteiger charge is 2.07. The molecule has 3 aromatic rings. The number of hydrogen-bond acceptors (Lipinski definition) is 6. The van der Waals surface area contributed by atoms with E-state index in [1.807, 2.05) is 13.8 Å². The minimum absolute atomic E-state index is 0.232. The Morgan fingerprint density at radius 2 is 1.95 bits per heavy atom. The first kappa shape index (κ1) is 14.4. The molecule has 0 fully saturated rings. The number of aryl methyl sites for hydroxylation is 2. The third-order valence-corrected chi connectivity index (χ3v) is 3.29. The van der Waals surface area contributed by atoms with Crippen molar-refractivity contribution in [3.05, 3.63) is 52.7 Å². The summed E-state index contributed by atoms with van der Waals surface area (Å²) in [5.74, 6) is 0.646. The zero-order chi connectivity index (χ0) is 15.5. The Bertz CT molecular complexity index is 786. The van der Waals surface area contributed by atoms with Crippen LogP contribution < -0.4 is 4.74 Å². The van der Waals surface area contributed by atoms with Crippen LogP contribution in [0.2, 0.25) is 5.02 Å². The van der Waals surface area contributed by atoms with Crippen molar-refractivity contribution in [1.29, 1.82) is 0 Å². The largest absolute Gasteiger partial charge is 0.457 e. The van der Waals surface area contributed by atoms with Gasteiger partial charge in [0.05, 0.1) is 16.9 Å². The van der Waals surface area contributed by atoms with Gasteiger partial charge in [0.25, 0.3) is 0 Å². The summed E-state index contributed by atoms with van der Waals surface area (Å²) in [5.41, 5.74) is 2.36. The summed E-state index contributed by atoms with van der Waals surface area (Å²) >= 11 is 5.96. The molecule has 0 saturated heterocycles. The lowest BCUT2D eigenvalue weighted by atomic mass is 10.3. The van der Waals surface area contributed by atoms with Crippen molar-refractivity contribution >= 4 is 11.6 Å². The maximum Gasteiger partial charge on any atom is 0.316 e. The van der Waals surface area contributed by atoms with Crippen molar-refractivity contribution in [3.63, 3.8) is 0 Å². The second-order valence-corrected chi connectivity index (χ2v) is 5.13. The summed E-state index contributed by atoms with van der Waals surface area (Å²) < 4.78 is 7.03. The Labute approximate surface area is 132 Å². The molecule has 3 heterocycles. The smallest absolute Gasteiger partial charge is 0.316 e. The highest BCUT2D eigenvalue weighted by Crippen LogP contribution is 2.15. The summed E-state index contributed by atoms with van der Waals surface area (Å²) in [6.07, 6.45) is 5.13. The Morgan fingerprint density at radius 3 is 2.68 bits per heavy atom. The van der Waals surface area contributed by atoms with Gasteiger partial charge in [0.15, 0.2) is 5.82 Å². The lowest BCUT2D eigenvalue weighted by molar-refractivity contribution is 0.276. The lowest BCUT2D eigenvalue weighted by Gasteiger charge is -2.02.